The van der Waals surface area contributed by atoms with Gasteiger partial charge in [-0.25, -0.2) is 14.6 Å². The highest BCUT2D eigenvalue weighted by Crippen LogP contribution is 2.25. The molecule has 0 aliphatic heterocycles. The lowest BCUT2D eigenvalue weighted by molar-refractivity contribution is 0.775. The number of nitrogens with one attached hydrogen (secondary N) is 1. The first-order valence-electron chi connectivity index (χ1n) is 6.83. The van der Waals surface area contributed by atoms with Crippen LogP contribution in [-0.2, 0) is 6.42 Å². The fourth-order valence-corrected chi connectivity index (χ4v) is 2.20. The number of rotatable bonds is 4. The van der Waals surface area contributed by atoms with E-state index in [0.29, 0.717) is 5.02 Å². The second-order valence-corrected chi connectivity index (χ2v) is 5.10. The summed E-state index contributed by atoms with van der Waals surface area (Å²) < 4.78 is 1.80. The number of halogens is 1. The average Bonchev–Trinajstić information content (AvgIpc) is 2.69. The fraction of sp³-hybridized carbons (Fsp3) is 0.500. The number of hydrogen-bond donors (Lipinski definition) is 1. The Morgan fingerprint density at radius 1 is 1.15 bits per heavy atom. The van der Waals surface area contributed by atoms with Gasteiger partial charge in [0.25, 0.3) is 0 Å². The topological polar surface area (TPSA) is 55.6 Å². The quantitative estimate of drug-likeness (QED) is 0.940. The zero-order valence-corrected chi connectivity index (χ0v) is 13.3. The van der Waals surface area contributed by atoms with Crippen LogP contribution in [-0.4, -0.2) is 26.3 Å². The van der Waals surface area contributed by atoms with Crippen LogP contribution in [0.25, 0.3) is 5.82 Å². The molecule has 0 radical (unpaired) electrons. The van der Waals surface area contributed by atoms with Crippen molar-refractivity contribution >= 4 is 17.4 Å². The Kier molecular flexibility index (Phi) is 4.28. The lowest BCUT2D eigenvalue weighted by Crippen LogP contribution is -2.12. The zero-order chi connectivity index (χ0) is 14.9. The van der Waals surface area contributed by atoms with Crippen LogP contribution in [0, 0.1) is 20.8 Å². The highest BCUT2D eigenvalue weighted by Gasteiger charge is 2.17. The summed E-state index contributed by atoms with van der Waals surface area (Å²) >= 11 is 6.23. The standard InChI is InChI=1S/C14H20ClN5/c1-6-11-17-13(16-7-2)8(3)14(18-11)20-10(5)12(15)9(4)19-20/h6-7H2,1-5H3,(H,16,17,18). The number of aromatic nitrogens is 4. The molecule has 1 N–H and O–H groups in total. The molecule has 0 amide bonds. The van der Waals surface area contributed by atoms with Crippen molar-refractivity contribution in [2.75, 3.05) is 11.9 Å². The van der Waals surface area contributed by atoms with Crippen LogP contribution in [0.15, 0.2) is 0 Å². The number of hydrogen-bond acceptors (Lipinski definition) is 4. The minimum Gasteiger partial charge on any atom is -0.370 e. The normalized spacial score (nSPS) is 10.9. The lowest BCUT2D eigenvalue weighted by atomic mass is 10.2. The van der Waals surface area contributed by atoms with E-state index in [1.807, 2.05) is 34.6 Å². The van der Waals surface area contributed by atoms with Gasteiger partial charge in [0.2, 0.25) is 0 Å². The molecule has 0 saturated heterocycles. The Labute approximate surface area is 124 Å². The summed E-state index contributed by atoms with van der Waals surface area (Å²) in [5.41, 5.74) is 2.69. The summed E-state index contributed by atoms with van der Waals surface area (Å²) in [5.74, 6) is 2.45. The van der Waals surface area contributed by atoms with Gasteiger partial charge in [-0.3, -0.25) is 0 Å². The van der Waals surface area contributed by atoms with Gasteiger partial charge in [-0.2, -0.15) is 5.10 Å². The molecule has 6 heteroatoms. The molecule has 0 saturated carbocycles. The summed E-state index contributed by atoms with van der Waals surface area (Å²) in [7, 11) is 0. The number of aryl methyl sites for hydroxylation is 2. The van der Waals surface area contributed by atoms with Gasteiger partial charge in [-0.15, -0.1) is 0 Å². The molecular weight excluding hydrogens is 274 g/mol. The maximum Gasteiger partial charge on any atom is 0.162 e. The van der Waals surface area contributed by atoms with Crippen LogP contribution < -0.4 is 5.32 Å². The fourth-order valence-electron chi connectivity index (χ4n) is 2.08. The Morgan fingerprint density at radius 2 is 1.85 bits per heavy atom. The van der Waals surface area contributed by atoms with Crippen LogP contribution in [0.5, 0.6) is 0 Å². The van der Waals surface area contributed by atoms with Gasteiger partial charge in [-0.1, -0.05) is 18.5 Å². The van der Waals surface area contributed by atoms with Gasteiger partial charge < -0.3 is 5.32 Å². The average molecular weight is 294 g/mol. The van der Waals surface area contributed by atoms with Crippen molar-refractivity contribution in [3.63, 3.8) is 0 Å². The first kappa shape index (κ1) is 14.8. The van der Waals surface area contributed by atoms with Crippen molar-refractivity contribution in [1.29, 1.82) is 0 Å². The molecule has 2 rings (SSSR count). The van der Waals surface area contributed by atoms with E-state index >= 15 is 0 Å². The van der Waals surface area contributed by atoms with E-state index in [1.165, 1.54) is 0 Å². The molecule has 0 aliphatic rings. The van der Waals surface area contributed by atoms with Crippen molar-refractivity contribution in [1.82, 2.24) is 19.7 Å². The Morgan fingerprint density at radius 3 is 2.35 bits per heavy atom. The summed E-state index contributed by atoms with van der Waals surface area (Å²) in [6, 6.07) is 0. The predicted molar refractivity (Wildman–Crippen MR) is 81.9 cm³/mol. The summed E-state index contributed by atoms with van der Waals surface area (Å²) in [5, 5.41) is 8.45. The van der Waals surface area contributed by atoms with Crippen molar-refractivity contribution in [2.24, 2.45) is 0 Å². The SMILES string of the molecule is CCNc1nc(CC)nc(-n2nc(C)c(Cl)c2C)c1C. The lowest BCUT2D eigenvalue weighted by Gasteiger charge is -2.13. The van der Waals surface area contributed by atoms with Crippen molar-refractivity contribution in [2.45, 2.75) is 41.0 Å². The van der Waals surface area contributed by atoms with Crippen molar-refractivity contribution < 1.29 is 0 Å². The Hall–Kier alpha value is -1.62. The molecule has 0 spiro atoms. The second kappa shape index (κ2) is 5.79. The van der Waals surface area contributed by atoms with E-state index in [0.717, 1.165) is 47.4 Å². The van der Waals surface area contributed by atoms with E-state index in [2.05, 4.69) is 20.4 Å². The molecular formula is C14H20ClN5. The highest BCUT2D eigenvalue weighted by molar-refractivity contribution is 6.31. The summed E-state index contributed by atoms with van der Waals surface area (Å²) in [6.45, 7) is 10.7. The third kappa shape index (κ3) is 2.50. The van der Waals surface area contributed by atoms with Gasteiger partial charge in [0.15, 0.2) is 5.82 Å². The minimum atomic E-state index is 0.686. The second-order valence-electron chi connectivity index (χ2n) is 4.72. The monoisotopic (exact) mass is 293 g/mol. The first-order chi connectivity index (χ1) is 9.49. The molecule has 20 heavy (non-hydrogen) atoms. The van der Waals surface area contributed by atoms with E-state index in [9.17, 15) is 0 Å². The van der Waals surface area contributed by atoms with Crippen molar-refractivity contribution in [3.8, 4) is 5.82 Å². The maximum absolute atomic E-state index is 6.23. The number of anilines is 1. The Balaban J connectivity index is 2.66. The predicted octanol–water partition coefficient (Wildman–Crippen LogP) is 3.24. The van der Waals surface area contributed by atoms with Crippen LogP contribution >= 0.6 is 11.6 Å². The molecule has 108 valence electrons. The van der Waals surface area contributed by atoms with Crippen LogP contribution in [0.4, 0.5) is 5.82 Å². The van der Waals surface area contributed by atoms with Crippen LogP contribution in [0.2, 0.25) is 5.02 Å². The third-order valence-electron chi connectivity index (χ3n) is 3.23. The van der Waals surface area contributed by atoms with E-state index in [-0.39, 0.29) is 0 Å². The summed E-state index contributed by atoms with van der Waals surface area (Å²) in [4.78, 5) is 9.14. The minimum absolute atomic E-state index is 0.686. The molecule has 2 aromatic heterocycles. The number of nitrogens with zero attached hydrogens (tertiary/aromatic N) is 4. The molecule has 0 atom stereocenters. The smallest absolute Gasteiger partial charge is 0.162 e. The zero-order valence-electron chi connectivity index (χ0n) is 12.6. The van der Waals surface area contributed by atoms with E-state index in [1.54, 1.807) is 4.68 Å². The van der Waals surface area contributed by atoms with E-state index < -0.39 is 0 Å². The van der Waals surface area contributed by atoms with Gasteiger partial charge in [0.1, 0.15) is 11.6 Å². The van der Waals surface area contributed by atoms with Gasteiger partial charge in [0.05, 0.1) is 16.4 Å². The maximum atomic E-state index is 6.23. The molecule has 0 bridgehead atoms. The molecule has 0 unspecified atom stereocenters. The molecule has 2 aromatic rings. The highest BCUT2D eigenvalue weighted by atomic mass is 35.5. The molecule has 0 fully saturated rings. The first-order valence-corrected chi connectivity index (χ1v) is 7.20. The molecule has 0 aliphatic carbocycles. The van der Waals surface area contributed by atoms with Gasteiger partial charge in [0, 0.05) is 18.5 Å². The van der Waals surface area contributed by atoms with Gasteiger partial charge >= 0.3 is 0 Å². The van der Waals surface area contributed by atoms with E-state index in [4.69, 9.17) is 11.6 Å². The van der Waals surface area contributed by atoms with Crippen LogP contribution in [0.1, 0.15) is 36.6 Å². The molecule has 5 nitrogen and oxygen atoms in total. The molecule has 2 heterocycles. The third-order valence-corrected chi connectivity index (χ3v) is 3.78. The van der Waals surface area contributed by atoms with Gasteiger partial charge in [-0.05, 0) is 27.7 Å². The Bertz CT molecular complexity index is 633. The molecule has 0 aromatic carbocycles. The largest absolute Gasteiger partial charge is 0.370 e. The van der Waals surface area contributed by atoms with Crippen LogP contribution in [0.3, 0.4) is 0 Å². The summed E-state index contributed by atoms with van der Waals surface area (Å²) in [6.07, 6.45) is 0.776. The van der Waals surface area contributed by atoms with Crippen molar-refractivity contribution in [3.05, 3.63) is 27.8 Å².